The topological polar surface area (TPSA) is 54.4 Å². The molecule has 2 aliphatic rings. The Hall–Kier alpha value is -1.34. The van der Waals surface area contributed by atoms with E-state index in [-0.39, 0.29) is 6.61 Å². The first kappa shape index (κ1) is 21.4. The van der Waals surface area contributed by atoms with Crippen molar-refractivity contribution in [3.05, 3.63) is 23.8 Å². The summed E-state index contributed by atoms with van der Waals surface area (Å²) in [5, 5.41) is 10.4. The number of ether oxygens (including phenoxy) is 3. The molecule has 1 aromatic rings. The van der Waals surface area contributed by atoms with Gasteiger partial charge in [0.25, 0.3) is 0 Å². The molecule has 1 aliphatic heterocycles. The number of aliphatic hydroxyl groups is 1. The van der Waals surface area contributed by atoms with Crippen LogP contribution in [-0.4, -0.2) is 80.7 Å². The van der Waals surface area contributed by atoms with Crippen LogP contribution in [0.2, 0.25) is 0 Å². The molecule has 0 radical (unpaired) electrons. The molecule has 3 rings (SSSR count). The zero-order valence-corrected chi connectivity index (χ0v) is 17.4. The Kier molecular flexibility index (Phi) is 8.40. The molecule has 0 spiro atoms. The van der Waals surface area contributed by atoms with Gasteiger partial charge >= 0.3 is 0 Å². The van der Waals surface area contributed by atoms with Crippen molar-refractivity contribution in [1.29, 1.82) is 0 Å². The van der Waals surface area contributed by atoms with Gasteiger partial charge in [-0.05, 0) is 26.0 Å². The van der Waals surface area contributed by atoms with E-state index in [1.807, 2.05) is 12.1 Å². The highest BCUT2D eigenvalue weighted by molar-refractivity contribution is 5.46. The van der Waals surface area contributed by atoms with Gasteiger partial charge in [-0.2, -0.15) is 0 Å². The standard InChI is InChI=1S/C22H36N2O4/c1-23(19-8-4-3-5-9-19)15-18-7-6-10-21(26-2)22(18)28-17-20(25)16-24-11-13-27-14-12-24/h6-7,10,19-20,25H,3-5,8-9,11-17H2,1-2H3/t20-/m1/s1. The van der Waals surface area contributed by atoms with Crippen LogP contribution in [0.5, 0.6) is 11.5 Å². The average molecular weight is 393 g/mol. The van der Waals surface area contributed by atoms with E-state index in [0.717, 1.165) is 49.9 Å². The Labute approximate surface area is 169 Å². The van der Waals surface area contributed by atoms with Crippen molar-refractivity contribution in [2.75, 3.05) is 53.6 Å². The van der Waals surface area contributed by atoms with E-state index in [0.29, 0.717) is 12.6 Å². The summed E-state index contributed by atoms with van der Waals surface area (Å²) in [4.78, 5) is 4.66. The van der Waals surface area contributed by atoms with Crippen molar-refractivity contribution in [1.82, 2.24) is 9.80 Å². The third-order valence-electron chi connectivity index (χ3n) is 5.89. The number of nitrogens with zero attached hydrogens (tertiary/aromatic N) is 2. The van der Waals surface area contributed by atoms with E-state index in [1.54, 1.807) is 7.11 Å². The summed E-state index contributed by atoms with van der Waals surface area (Å²) in [6.07, 6.45) is 6.02. The highest BCUT2D eigenvalue weighted by atomic mass is 16.5. The molecule has 28 heavy (non-hydrogen) atoms. The van der Waals surface area contributed by atoms with Gasteiger partial charge in [-0.1, -0.05) is 31.4 Å². The van der Waals surface area contributed by atoms with Crippen molar-refractivity contribution in [2.45, 2.75) is 50.8 Å². The molecule has 1 aromatic carbocycles. The molecule has 1 N–H and O–H groups in total. The summed E-state index contributed by atoms with van der Waals surface area (Å²) in [6.45, 7) is 4.90. The van der Waals surface area contributed by atoms with Crippen LogP contribution in [0.25, 0.3) is 0 Å². The van der Waals surface area contributed by atoms with Crippen LogP contribution in [0.15, 0.2) is 18.2 Å². The molecule has 0 bridgehead atoms. The molecule has 0 aromatic heterocycles. The zero-order chi connectivity index (χ0) is 19.8. The maximum Gasteiger partial charge on any atom is 0.165 e. The van der Waals surface area contributed by atoms with Gasteiger partial charge in [0.05, 0.1) is 20.3 Å². The van der Waals surface area contributed by atoms with Gasteiger partial charge in [0.2, 0.25) is 0 Å². The fraction of sp³-hybridized carbons (Fsp3) is 0.727. The lowest BCUT2D eigenvalue weighted by Gasteiger charge is -2.32. The highest BCUT2D eigenvalue weighted by Crippen LogP contribution is 2.33. The minimum Gasteiger partial charge on any atom is -0.493 e. The maximum absolute atomic E-state index is 10.4. The second-order valence-corrected chi connectivity index (χ2v) is 8.03. The summed E-state index contributed by atoms with van der Waals surface area (Å²) in [6, 6.07) is 6.68. The molecular weight excluding hydrogens is 356 g/mol. The molecule has 6 heteroatoms. The zero-order valence-electron chi connectivity index (χ0n) is 17.4. The number of hydrogen-bond acceptors (Lipinski definition) is 6. The number of para-hydroxylation sites is 1. The minimum absolute atomic E-state index is 0.262. The summed E-state index contributed by atoms with van der Waals surface area (Å²) >= 11 is 0. The van der Waals surface area contributed by atoms with Gasteiger partial charge in [0.15, 0.2) is 11.5 Å². The predicted octanol–water partition coefficient (Wildman–Crippen LogP) is 2.53. The first-order chi connectivity index (χ1) is 13.7. The van der Waals surface area contributed by atoms with Gasteiger partial charge in [-0.3, -0.25) is 9.80 Å². The van der Waals surface area contributed by atoms with Gasteiger partial charge < -0.3 is 19.3 Å². The molecule has 1 saturated carbocycles. The third kappa shape index (κ3) is 6.08. The van der Waals surface area contributed by atoms with Gasteiger partial charge in [0.1, 0.15) is 12.7 Å². The number of rotatable bonds is 9. The van der Waals surface area contributed by atoms with E-state index in [1.165, 1.54) is 32.1 Å². The number of β-amino-alcohol motifs (C(OH)–C–C–N with tert-alkyl or cyclic N) is 1. The number of benzene rings is 1. The van der Waals surface area contributed by atoms with E-state index in [4.69, 9.17) is 14.2 Å². The van der Waals surface area contributed by atoms with E-state index >= 15 is 0 Å². The first-order valence-corrected chi connectivity index (χ1v) is 10.6. The van der Waals surface area contributed by atoms with Crippen molar-refractivity contribution >= 4 is 0 Å². The van der Waals surface area contributed by atoms with Crippen LogP contribution in [-0.2, 0) is 11.3 Å². The van der Waals surface area contributed by atoms with Crippen LogP contribution in [0.3, 0.4) is 0 Å². The Balaban J connectivity index is 1.60. The lowest BCUT2D eigenvalue weighted by Crippen LogP contribution is -2.42. The Morgan fingerprint density at radius 2 is 1.96 bits per heavy atom. The van der Waals surface area contributed by atoms with Gasteiger partial charge in [-0.25, -0.2) is 0 Å². The van der Waals surface area contributed by atoms with Crippen molar-refractivity contribution in [3.8, 4) is 11.5 Å². The SMILES string of the molecule is COc1cccc(CN(C)C2CCCCC2)c1OC[C@H](O)CN1CCOCC1. The molecule has 0 amide bonds. The van der Waals surface area contributed by atoms with Crippen molar-refractivity contribution < 1.29 is 19.3 Å². The van der Waals surface area contributed by atoms with Crippen LogP contribution in [0.4, 0.5) is 0 Å². The van der Waals surface area contributed by atoms with E-state index < -0.39 is 6.10 Å². The monoisotopic (exact) mass is 392 g/mol. The molecule has 1 aliphatic carbocycles. The number of hydrogen-bond donors (Lipinski definition) is 1. The normalized spacial score (nSPS) is 20.3. The average Bonchev–Trinajstić information content (AvgIpc) is 2.74. The van der Waals surface area contributed by atoms with Gasteiger partial charge in [-0.15, -0.1) is 0 Å². The first-order valence-electron chi connectivity index (χ1n) is 10.6. The minimum atomic E-state index is -0.535. The largest absolute Gasteiger partial charge is 0.493 e. The molecule has 1 atom stereocenters. The van der Waals surface area contributed by atoms with Crippen LogP contribution in [0, 0.1) is 0 Å². The molecule has 1 saturated heterocycles. The van der Waals surface area contributed by atoms with Gasteiger partial charge in [0, 0.05) is 37.8 Å². The van der Waals surface area contributed by atoms with Crippen LogP contribution < -0.4 is 9.47 Å². The molecule has 6 nitrogen and oxygen atoms in total. The summed E-state index contributed by atoms with van der Waals surface area (Å²) in [5.74, 6) is 1.49. The predicted molar refractivity (Wildman–Crippen MR) is 110 cm³/mol. The summed E-state index contributed by atoms with van der Waals surface area (Å²) in [5.41, 5.74) is 1.12. The summed E-state index contributed by atoms with van der Waals surface area (Å²) in [7, 11) is 3.87. The number of methoxy groups -OCH3 is 1. The van der Waals surface area contributed by atoms with E-state index in [2.05, 4.69) is 22.9 Å². The fourth-order valence-corrected chi connectivity index (χ4v) is 4.24. The van der Waals surface area contributed by atoms with Crippen LogP contribution >= 0.6 is 0 Å². The molecule has 1 heterocycles. The van der Waals surface area contributed by atoms with E-state index in [9.17, 15) is 5.11 Å². The second-order valence-electron chi connectivity index (χ2n) is 8.03. The van der Waals surface area contributed by atoms with Crippen molar-refractivity contribution in [3.63, 3.8) is 0 Å². The Bertz CT molecular complexity index is 586. The highest BCUT2D eigenvalue weighted by Gasteiger charge is 2.21. The Morgan fingerprint density at radius 1 is 1.21 bits per heavy atom. The summed E-state index contributed by atoms with van der Waals surface area (Å²) < 4.78 is 17.0. The number of aliphatic hydroxyl groups excluding tert-OH is 1. The molecule has 0 unspecified atom stereocenters. The van der Waals surface area contributed by atoms with Crippen LogP contribution in [0.1, 0.15) is 37.7 Å². The lowest BCUT2D eigenvalue weighted by molar-refractivity contribution is 0.00429. The quantitative estimate of drug-likeness (QED) is 0.697. The molecule has 158 valence electrons. The fourth-order valence-electron chi connectivity index (χ4n) is 4.24. The lowest BCUT2D eigenvalue weighted by atomic mass is 9.94. The maximum atomic E-state index is 10.4. The third-order valence-corrected chi connectivity index (χ3v) is 5.89. The second kappa shape index (κ2) is 11.0. The Morgan fingerprint density at radius 3 is 2.68 bits per heavy atom. The molecule has 2 fully saturated rings. The van der Waals surface area contributed by atoms with Crippen molar-refractivity contribution in [2.24, 2.45) is 0 Å². The number of morpholine rings is 1. The smallest absolute Gasteiger partial charge is 0.165 e. The molecular formula is C22H36N2O4.